The fraction of sp³-hybridized carbons (Fsp3) is 0.558. The number of nitrogens with two attached hydrogens (primary N) is 3. The summed E-state index contributed by atoms with van der Waals surface area (Å²) >= 11 is 0. The molecule has 11 amide bonds. The van der Waals surface area contributed by atoms with Crippen molar-refractivity contribution in [3.8, 4) is 0 Å². The Morgan fingerprint density at radius 1 is 0.615 bits per heavy atom. The van der Waals surface area contributed by atoms with Gasteiger partial charge in [0, 0.05) is 79.3 Å². The molecule has 12 atom stereocenters. The Labute approximate surface area is 674 Å². The van der Waals surface area contributed by atoms with E-state index in [-0.39, 0.29) is 67.7 Å². The number of ketones is 4. The number of aromatic nitrogens is 1. The quantitative estimate of drug-likeness (QED) is 0.0155. The van der Waals surface area contributed by atoms with Crippen molar-refractivity contribution in [1.82, 2.24) is 58.2 Å². The predicted octanol–water partition coefficient (Wildman–Crippen LogP) is -1.58. The zero-order valence-electron chi connectivity index (χ0n) is 67.0. The van der Waals surface area contributed by atoms with Crippen LogP contribution in [-0.4, -0.2) is 215 Å². The minimum Gasteiger partial charge on any atom is -0.481 e. The standard InChI is InChI=1S/C42H64N10O13.C32H46N4O7.3CO2/c1-20(2)35-41(63)51-29(16-31(54)26-11-8-9-12-27(26)44)42(64)65-25(7)22(4)37(59)45-17-33(56)49-28(13-10-14-43)32(55)15-21(3)36(58)47-24(6)39(61)48-23(5)38(60)46-18-34(57)50-30(19-53)40(62)52-35;1-3-4-5-6-7-8-9-12-24(37)16-21(15-23-20-35-26-14-11-10-13-25(23)26)32(43)36-27(19-29(33)39)28(38)17-22(18-30(40)41)31(42)34-2;3*2-1-3/h8-9,11-12,20-25,28-30,35,53H,10,13-19,43-44H2,1-7H3,(H,45,59)(H,46,60)(H,47,58)(H,48,61)(H,49,56)(H,50,57)(H,51,63)(H,52,62);10-11,13-14,20-22,27,35H,3-9,12,15-19H2,1-2H3,(H2,33,39)(H,34,42)(H,36,43)(H,40,41);;;. The number of carbonyl (C=O) groups excluding carboxylic acids is 22. The van der Waals surface area contributed by atoms with E-state index >= 15 is 0 Å². The summed E-state index contributed by atoms with van der Waals surface area (Å²) in [5, 5.41) is 44.2. The van der Waals surface area contributed by atoms with Crippen molar-refractivity contribution in [2.45, 2.75) is 213 Å². The average molecular weight is 1650 g/mol. The average Bonchev–Trinajstić information content (AvgIpc) is 1.72. The van der Waals surface area contributed by atoms with E-state index in [0.29, 0.717) is 12.8 Å². The van der Waals surface area contributed by atoms with E-state index in [0.717, 1.165) is 42.1 Å². The van der Waals surface area contributed by atoms with Gasteiger partial charge in [0.2, 0.25) is 65.0 Å². The summed E-state index contributed by atoms with van der Waals surface area (Å²) in [5.74, 6) is -18.0. The molecule has 19 N–H and O–H groups in total. The summed E-state index contributed by atoms with van der Waals surface area (Å²) < 4.78 is 5.57. The molecule has 1 fully saturated rings. The molecular weight excluding hydrogens is 1540 g/mol. The van der Waals surface area contributed by atoms with E-state index in [9.17, 15) is 91.7 Å². The number of ether oxygens (including phenoxy) is 1. The number of benzene rings is 2. The summed E-state index contributed by atoms with van der Waals surface area (Å²) in [6.45, 7) is 9.96. The number of nitrogen functional groups attached to an aromatic ring is 1. The lowest BCUT2D eigenvalue weighted by Gasteiger charge is -2.27. The summed E-state index contributed by atoms with van der Waals surface area (Å²) in [5.41, 5.74) is 18.8. The molecular formula is C77H110N14O26. The molecule has 12 unspecified atom stereocenters. The number of carboxylic acid groups (broad SMARTS) is 1. The van der Waals surface area contributed by atoms with Gasteiger partial charge in [-0.05, 0) is 82.7 Å². The zero-order valence-corrected chi connectivity index (χ0v) is 67.0. The second kappa shape index (κ2) is 57.6. The molecule has 117 heavy (non-hydrogen) atoms. The van der Waals surface area contributed by atoms with Crippen LogP contribution in [0.15, 0.2) is 54.7 Å². The van der Waals surface area contributed by atoms with Crippen LogP contribution in [0.4, 0.5) is 5.69 Å². The number of amides is 11. The van der Waals surface area contributed by atoms with Gasteiger partial charge in [0.05, 0.1) is 56.5 Å². The zero-order chi connectivity index (χ0) is 89.0. The number of aromatic amines is 1. The van der Waals surface area contributed by atoms with Crippen molar-refractivity contribution in [1.29, 1.82) is 0 Å². The lowest BCUT2D eigenvalue weighted by molar-refractivity contribution is -0.193. The number of primary amides is 1. The van der Waals surface area contributed by atoms with E-state index < -0.39 is 218 Å². The van der Waals surface area contributed by atoms with Crippen LogP contribution in [0.25, 0.3) is 10.9 Å². The number of nitrogens with one attached hydrogen (secondary N) is 11. The van der Waals surface area contributed by atoms with Crippen molar-refractivity contribution in [3.63, 3.8) is 0 Å². The monoisotopic (exact) mass is 1650 g/mol. The molecule has 3 aromatic rings. The fourth-order valence-electron chi connectivity index (χ4n) is 11.5. The molecule has 0 aliphatic carbocycles. The number of para-hydroxylation sites is 2. The first-order valence-corrected chi connectivity index (χ1v) is 37.7. The van der Waals surface area contributed by atoms with Gasteiger partial charge in [0.15, 0.2) is 17.3 Å². The van der Waals surface area contributed by atoms with E-state index in [4.69, 9.17) is 50.7 Å². The first-order valence-electron chi connectivity index (χ1n) is 37.7. The number of aliphatic carboxylic acids is 1. The molecule has 2 aromatic carbocycles. The van der Waals surface area contributed by atoms with E-state index in [1.807, 2.05) is 24.3 Å². The number of esters is 1. The van der Waals surface area contributed by atoms with Gasteiger partial charge in [-0.15, -0.1) is 0 Å². The lowest BCUT2D eigenvalue weighted by atomic mass is 9.90. The molecule has 2 heterocycles. The maximum Gasteiger partial charge on any atom is 0.373 e. The topological polar surface area (TPSA) is 656 Å². The molecule has 0 radical (unpaired) electrons. The molecule has 0 saturated carbocycles. The maximum atomic E-state index is 13.8. The molecule has 40 nitrogen and oxygen atoms in total. The first-order chi connectivity index (χ1) is 55.3. The second-order valence-corrected chi connectivity index (χ2v) is 27.7. The number of anilines is 1. The largest absolute Gasteiger partial charge is 0.481 e. The Kier molecular flexibility index (Phi) is 51.5. The van der Waals surface area contributed by atoms with Crippen LogP contribution >= 0.6 is 0 Å². The number of carbonyl (C=O) groups is 17. The Bertz CT molecular complexity index is 3930. The van der Waals surface area contributed by atoms with Crippen LogP contribution in [0, 0.1) is 29.6 Å². The molecule has 1 aromatic heterocycles. The van der Waals surface area contributed by atoms with Crippen LogP contribution in [0.2, 0.25) is 0 Å². The molecule has 4 rings (SSSR count). The number of carboxylic acids is 1. The third-order valence-corrected chi connectivity index (χ3v) is 18.1. The van der Waals surface area contributed by atoms with Gasteiger partial charge in [0.25, 0.3) is 0 Å². The third kappa shape index (κ3) is 41.0. The highest BCUT2D eigenvalue weighted by Gasteiger charge is 2.37. The molecule has 1 saturated heterocycles. The molecule has 1 aliphatic heterocycles. The van der Waals surface area contributed by atoms with Crippen LogP contribution in [0.3, 0.4) is 0 Å². The number of hydrogen-bond donors (Lipinski definition) is 16. The highest BCUT2D eigenvalue weighted by Crippen LogP contribution is 2.25. The number of cyclic esters (lactones) is 1. The molecule has 644 valence electrons. The van der Waals surface area contributed by atoms with E-state index in [2.05, 4.69) is 65.1 Å². The number of rotatable bonds is 30. The number of aliphatic hydroxyl groups is 1. The molecule has 0 bridgehead atoms. The second-order valence-electron chi connectivity index (χ2n) is 27.7. The SMILES string of the molecule is CC1CC(=O)C(CCCN)NC(=O)CNC(=O)C(C)C(C)OC(=O)C(CC(=O)c2ccccc2N)NC(=O)C(C(C)C)NC(=O)C(CO)NC(=O)CNC(=O)C(C)NC(=O)C(C)NC1=O.CCCCCCCCCC(=O)CC(Cc1c[nH]c2ccccc12)C(=O)NC(CC(N)=O)C(=O)CC(CC(=O)O)C(=O)NC.O=C=O.O=C=O.O=C=O. The van der Waals surface area contributed by atoms with Gasteiger partial charge in [-0.2, -0.15) is 28.8 Å². The smallest absolute Gasteiger partial charge is 0.373 e. The highest BCUT2D eigenvalue weighted by atomic mass is 16.5. The Hall–Kier alpha value is -12.4. The number of unbranched alkanes of at least 4 members (excludes halogenated alkanes) is 6. The number of aliphatic hydroxyl groups excluding tert-OH is 1. The van der Waals surface area contributed by atoms with Gasteiger partial charge in [-0.25, -0.2) is 4.79 Å². The maximum absolute atomic E-state index is 13.8. The first kappa shape index (κ1) is 105. The molecule has 0 spiro atoms. The van der Waals surface area contributed by atoms with Crippen molar-refractivity contribution in [2.75, 3.05) is 39.0 Å². The number of hydrogen-bond acceptors (Lipinski definition) is 27. The van der Waals surface area contributed by atoms with Crippen molar-refractivity contribution in [3.05, 3.63) is 65.9 Å². The summed E-state index contributed by atoms with van der Waals surface area (Å²) in [7, 11) is 1.32. The summed E-state index contributed by atoms with van der Waals surface area (Å²) in [6, 6.07) is 3.91. The number of H-pyrrole nitrogens is 1. The summed E-state index contributed by atoms with van der Waals surface area (Å²) in [6.07, 6.45) is 7.03. The van der Waals surface area contributed by atoms with Crippen molar-refractivity contribution >= 4 is 135 Å². The van der Waals surface area contributed by atoms with Gasteiger partial charge < -0.3 is 90.3 Å². The Balaban J connectivity index is 0.00000222. The van der Waals surface area contributed by atoms with Crippen LogP contribution in [0.1, 0.15) is 174 Å². The lowest BCUT2D eigenvalue weighted by Crippen LogP contribution is -2.59. The van der Waals surface area contributed by atoms with Crippen LogP contribution < -0.4 is 70.4 Å². The Morgan fingerprint density at radius 2 is 1.17 bits per heavy atom. The number of Topliss-reactive ketones (excluding diaryl/α,β-unsaturated/α-hetero) is 4. The van der Waals surface area contributed by atoms with Gasteiger partial charge in [-0.3, -0.25) is 76.7 Å². The van der Waals surface area contributed by atoms with Gasteiger partial charge >= 0.3 is 30.4 Å². The van der Waals surface area contributed by atoms with E-state index in [1.165, 1.54) is 79.1 Å². The van der Waals surface area contributed by atoms with E-state index in [1.54, 1.807) is 26.1 Å². The fourth-order valence-corrected chi connectivity index (χ4v) is 11.5. The normalized spacial score (nSPS) is 20.2. The minimum absolute atomic E-state index is 0.0320. The highest BCUT2D eigenvalue weighted by molar-refractivity contribution is 6.04. The minimum atomic E-state index is -1.70. The predicted molar refractivity (Wildman–Crippen MR) is 410 cm³/mol. The Morgan fingerprint density at radius 3 is 1.74 bits per heavy atom. The molecule has 1 aliphatic rings. The summed E-state index contributed by atoms with van der Waals surface area (Å²) in [4.78, 5) is 272. The third-order valence-electron chi connectivity index (χ3n) is 18.1. The molecule has 40 heteroatoms. The number of fused-ring (bicyclic) bond motifs is 1. The van der Waals surface area contributed by atoms with Gasteiger partial charge in [-0.1, -0.05) is 103 Å². The van der Waals surface area contributed by atoms with Crippen LogP contribution in [-0.2, 0) is 117 Å². The van der Waals surface area contributed by atoms with Gasteiger partial charge in [0.1, 0.15) is 42.1 Å². The van der Waals surface area contributed by atoms with Crippen molar-refractivity contribution < 1.29 is 125 Å². The van der Waals surface area contributed by atoms with Crippen LogP contribution in [0.5, 0.6) is 0 Å². The van der Waals surface area contributed by atoms with Crippen molar-refractivity contribution in [2.24, 2.45) is 41.1 Å².